The summed E-state index contributed by atoms with van der Waals surface area (Å²) in [4.78, 5) is 36.6. The van der Waals surface area contributed by atoms with Crippen LogP contribution >= 0.6 is 0 Å². The van der Waals surface area contributed by atoms with Crippen LogP contribution in [0.4, 0.5) is 4.79 Å². The number of benzene rings is 1. The van der Waals surface area contributed by atoms with E-state index < -0.39 is 24.0 Å². The molecule has 1 aliphatic rings. The lowest BCUT2D eigenvalue weighted by atomic mass is 10.1. The second kappa shape index (κ2) is 7.13. The smallest absolute Gasteiger partial charge is 0.324 e. The van der Waals surface area contributed by atoms with E-state index in [1.165, 1.54) is 14.0 Å². The number of urea groups is 1. The fraction of sp³-hybridized carbons (Fsp3) is 0.438. The molecule has 0 aliphatic carbocycles. The lowest BCUT2D eigenvalue weighted by Crippen LogP contribution is -2.42. The zero-order valence-corrected chi connectivity index (χ0v) is 13.4. The van der Waals surface area contributed by atoms with Gasteiger partial charge in [-0.3, -0.25) is 14.5 Å². The first-order valence-corrected chi connectivity index (χ1v) is 7.34. The molecule has 1 aliphatic heterocycles. The molecule has 23 heavy (non-hydrogen) atoms. The summed E-state index contributed by atoms with van der Waals surface area (Å²) in [5, 5.41) is 2.53. The van der Waals surface area contributed by atoms with Gasteiger partial charge in [-0.05, 0) is 19.9 Å². The number of ether oxygens (including phenoxy) is 2. The van der Waals surface area contributed by atoms with Gasteiger partial charge in [0.25, 0.3) is 5.91 Å². The quantitative estimate of drug-likeness (QED) is 0.819. The van der Waals surface area contributed by atoms with Crippen LogP contribution in [0.15, 0.2) is 18.2 Å². The standard InChI is InChI=1S/C16H20N2O5/c1-10-4-5-13(22-3)12(8-10)9-14(19)23-11(2)15(20)18-7-6-17-16(18)21/h4-5,8,11H,6-7,9H2,1-3H3,(H,17,21)/t11-/m1/s1. The highest BCUT2D eigenvalue weighted by atomic mass is 16.5. The van der Waals surface area contributed by atoms with Crippen LogP contribution in [0, 0.1) is 6.92 Å². The van der Waals surface area contributed by atoms with Crippen LogP contribution < -0.4 is 10.1 Å². The van der Waals surface area contributed by atoms with Gasteiger partial charge in [-0.15, -0.1) is 0 Å². The third-order valence-electron chi connectivity index (χ3n) is 3.55. The number of amides is 3. The number of methoxy groups -OCH3 is 1. The Hall–Kier alpha value is -2.57. The number of rotatable bonds is 5. The number of carbonyl (C=O) groups excluding carboxylic acids is 3. The summed E-state index contributed by atoms with van der Waals surface area (Å²) in [5.74, 6) is -0.482. The zero-order valence-electron chi connectivity index (χ0n) is 13.4. The second-order valence-corrected chi connectivity index (χ2v) is 5.35. The molecular formula is C16H20N2O5. The summed E-state index contributed by atoms with van der Waals surface area (Å²) in [5.41, 5.74) is 1.68. The van der Waals surface area contributed by atoms with Gasteiger partial charge < -0.3 is 14.8 Å². The molecule has 1 N–H and O–H groups in total. The van der Waals surface area contributed by atoms with Crippen molar-refractivity contribution in [2.45, 2.75) is 26.4 Å². The molecule has 0 spiro atoms. The van der Waals surface area contributed by atoms with Crippen molar-refractivity contribution >= 4 is 17.9 Å². The minimum Gasteiger partial charge on any atom is -0.496 e. The number of hydrogen-bond acceptors (Lipinski definition) is 5. The largest absolute Gasteiger partial charge is 0.496 e. The first-order chi connectivity index (χ1) is 10.9. The molecule has 2 rings (SSSR count). The van der Waals surface area contributed by atoms with Crippen molar-refractivity contribution in [3.05, 3.63) is 29.3 Å². The van der Waals surface area contributed by atoms with Gasteiger partial charge in [-0.2, -0.15) is 0 Å². The maximum absolute atomic E-state index is 12.1. The van der Waals surface area contributed by atoms with E-state index in [2.05, 4.69) is 5.32 Å². The summed E-state index contributed by atoms with van der Waals surface area (Å²) < 4.78 is 10.4. The fourth-order valence-electron chi connectivity index (χ4n) is 2.39. The lowest BCUT2D eigenvalue weighted by molar-refractivity contribution is -0.156. The van der Waals surface area contributed by atoms with Gasteiger partial charge >= 0.3 is 12.0 Å². The molecule has 0 aromatic heterocycles. The first kappa shape index (κ1) is 16.8. The maximum atomic E-state index is 12.1. The van der Waals surface area contributed by atoms with Crippen LogP contribution in [-0.2, 0) is 20.7 Å². The third-order valence-corrected chi connectivity index (χ3v) is 3.55. The molecule has 1 aromatic rings. The van der Waals surface area contributed by atoms with Gasteiger partial charge in [0.1, 0.15) is 5.75 Å². The van der Waals surface area contributed by atoms with E-state index >= 15 is 0 Å². The predicted molar refractivity (Wildman–Crippen MR) is 82.1 cm³/mol. The molecular weight excluding hydrogens is 300 g/mol. The number of carbonyl (C=O) groups is 3. The van der Waals surface area contributed by atoms with E-state index in [4.69, 9.17) is 9.47 Å². The topological polar surface area (TPSA) is 84.9 Å². The van der Waals surface area contributed by atoms with E-state index in [0.717, 1.165) is 10.5 Å². The van der Waals surface area contributed by atoms with Crippen molar-refractivity contribution in [2.75, 3.05) is 20.2 Å². The third kappa shape index (κ3) is 4.00. The van der Waals surface area contributed by atoms with Gasteiger partial charge in [0.15, 0.2) is 6.10 Å². The Morgan fingerprint density at radius 3 is 2.74 bits per heavy atom. The molecule has 7 heteroatoms. The highest BCUT2D eigenvalue weighted by Crippen LogP contribution is 2.20. The van der Waals surface area contributed by atoms with Crippen molar-refractivity contribution in [1.82, 2.24) is 10.2 Å². The number of esters is 1. The normalized spacial score (nSPS) is 15.1. The Labute approximate surface area is 134 Å². The molecule has 1 atom stereocenters. The van der Waals surface area contributed by atoms with E-state index in [-0.39, 0.29) is 13.0 Å². The van der Waals surface area contributed by atoms with Gasteiger partial charge in [-0.25, -0.2) is 4.79 Å². The Kier molecular flexibility index (Phi) is 5.20. The average Bonchev–Trinajstić information content (AvgIpc) is 2.92. The zero-order chi connectivity index (χ0) is 17.0. The highest BCUT2D eigenvalue weighted by Gasteiger charge is 2.31. The molecule has 0 saturated carbocycles. The van der Waals surface area contributed by atoms with E-state index in [0.29, 0.717) is 17.9 Å². The van der Waals surface area contributed by atoms with Crippen LogP contribution in [0.2, 0.25) is 0 Å². The van der Waals surface area contributed by atoms with Crippen LogP contribution in [-0.4, -0.2) is 49.1 Å². The van der Waals surface area contributed by atoms with Crippen molar-refractivity contribution in [2.24, 2.45) is 0 Å². The average molecular weight is 320 g/mol. The van der Waals surface area contributed by atoms with E-state index in [1.54, 1.807) is 6.07 Å². The molecule has 1 aromatic carbocycles. The Bertz CT molecular complexity index is 629. The number of imide groups is 1. The second-order valence-electron chi connectivity index (χ2n) is 5.35. The molecule has 0 unspecified atom stereocenters. The van der Waals surface area contributed by atoms with Crippen LogP contribution in [0.1, 0.15) is 18.1 Å². The van der Waals surface area contributed by atoms with E-state index in [1.807, 2.05) is 19.1 Å². The molecule has 7 nitrogen and oxygen atoms in total. The minimum atomic E-state index is -1.01. The fourth-order valence-corrected chi connectivity index (χ4v) is 2.39. The number of nitrogens with zero attached hydrogens (tertiary/aromatic N) is 1. The highest BCUT2D eigenvalue weighted by molar-refractivity contribution is 5.98. The van der Waals surface area contributed by atoms with Crippen molar-refractivity contribution in [3.8, 4) is 5.75 Å². The monoisotopic (exact) mass is 320 g/mol. The molecule has 1 saturated heterocycles. The Balaban J connectivity index is 1.98. The number of hydrogen-bond donors (Lipinski definition) is 1. The molecule has 0 radical (unpaired) electrons. The van der Waals surface area contributed by atoms with Gasteiger partial charge in [0, 0.05) is 18.7 Å². The SMILES string of the molecule is COc1ccc(C)cc1CC(=O)O[C@H](C)C(=O)N1CCNC1=O. The number of nitrogens with one attached hydrogen (secondary N) is 1. The first-order valence-electron chi connectivity index (χ1n) is 7.34. The summed E-state index contributed by atoms with van der Waals surface area (Å²) >= 11 is 0. The van der Waals surface area contributed by atoms with Gasteiger partial charge in [-0.1, -0.05) is 17.7 Å². The van der Waals surface area contributed by atoms with E-state index in [9.17, 15) is 14.4 Å². The van der Waals surface area contributed by atoms with Crippen LogP contribution in [0.5, 0.6) is 5.75 Å². The van der Waals surface area contributed by atoms with Crippen LogP contribution in [0.3, 0.4) is 0 Å². The van der Waals surface area contributed by atoms with Crippen molar-refractivity contribution in [1.29, 1.82) is 0 Å². The summed E-state index contributed by atoms with van der Waals surface area (Å²) in [6.45, 7) is 4.06. The molecule has 1 fully saturated rings. The predicted octanol–water partition coefficient (Wildman–Crippen LogP) is 1.03. The van der Waals surface area contributed by atoms with Gasteiger partial charge in [0.05, 0.1) is 13.5 Å². The minimum absolute atomic E-state index is 0.00529. The lowest BCUT2D eigenvalue weighted by Gasteiger charge is -2.18. The summed E-state index contributed by atoms with van der Waals surface area (Å²) in [6.07, 6.45) is -1.02. The molecule has 3 amide bonds. The Morgan fingerprint density at radius 1 is 1.39 bits per heavy atom. The molecule has 124 valence electrons. The molecule has 1 heterocycles. The van der Waals surface area contributed by atoms with Crippen molar-refractivity contribution in [3.63, 3.8) is 0 Å². The van der Waals surface area contributed by atoms with Crippen molar-refractivity contribution < 1.29 is 23.9 Å². The molecule has 0 bridgehead atoms. The Morgan fingerprint density at radius 2 is 2.13 bits per heavy atom. The summed E-state index contributed by atoms with van der Waals surface area (Å²) in [6, 6.07) is 5.03. The summed E-state index contributed by atoms with van der Waals surface area (Å²) in [7, 11) is 1.53. The van der Waals surface area contributed by atoms with Crippen LogP contribution in [0.25, 0.3) is 0 Å². The number of aryl methyl sites for hydroxylation is 1. The maximum Gasteiger partial charge on any atom is 0.324 e. The van der Waals surface area contributed by atoms with Gasteiger partial charge in [0.2, 0.25) is 0 Å².